The van der Waals surface area contributed by atoms with Gasteiger partial charge in [0.25, 0.3) is 0 Å². The molecule has 0 amide bonds. The first-order chi connectivity index (χ1) is 6.10. The number of rotatable bonds is 3. The van der Waals surface area contributed by atoms with E-state index in [9.17, 15) is 8.42 Å². The summed E-state index contributed by atoms with van der Waals surface area (Å²) in [6.45, 7) is 1.01. The van der Waals surface area contributed by atoms with Crippen LogP contribution in [-0.4, -0.2) is 44.7 Å². The molecule has 13 heavy (non-hydrogen) atoms. The van der Waals surface area contributed by atoms with Crippen molar-refractivity contribution < 1.29 is 8.42 Å². The van der Waals surface area contributed by atoms with Crippen LogP contribution in [0.3, 0.4) is 0 Å². The highest BCUT2D eigenvalue weighted by Gasteiger charge is 2.29. The van der Waals surface area contributed by atoms with Gasteiger partial charge in [-0.3, -0.25) is 0 Å². The van der Waals surface area contributed by atoms with Crippen molar-refractivity contribution in [3.8, 4) is 6.07 Å². The SMILES string of the molecule is CNC1CCN(S(=O)(=O)CC#N)C1. The summed E-state index contributed by atoms with van der Waals surface area (Å²) in [6, 6.07) is 1.90. The van der Waals surface area contributed by atoms with Gasteiger partial charge in [-0.15, -0.1) is 0 Å². The summed E-state index contributed by atoms with van der Waals surface area (Å²) in [5.74, 6) is -0.413. The van der Waals surface area contributed by atoms with Crippen LogP contribution in [0.25, 0.3) is 0 Å². The van der Waals surface area contributed by atoms with Crippen LogP contribution >= 0.6 is 0 Å². The number of likely N-dealkylation sites (N-methyl/N-ethyl adjacent to an activating group) is 1. The molecule has 1 aliphatic heterocycles. The van der Waals surface area contributed by atoms with Crippen molar-refractivity contribution in [3.05, 3.63) is 0 Å². The number of hydrogen-bond acceptors (Lipinski definition) is 4. The van der Waals surface area contributed by atoms with Crippen molar-refractivity contribution in [1.29, 1.82) is 5.26 Å². The predicted molar refractivity (Wildman–Crippen MR) is 48.4 cm³/mol. The monoisotopic (exact) mass is 203 g/mol. The molecule has 0 aromatic rings. The van der Waals surface area contributed by atoms with Crippen LogP contribution in [0.4, 0.5) is 0 Å². The van der Waals surface area contributed by atoms with E-state index in [-0.39, 0.29) is 6.04 Å². The second-order valence-corrected chi connectivity index (χ2v) is 5.02. The first-order valence-corrected chi connectivity index (χ1v) is 5.73. The number of nitrogens with one attached hydrogen (secondary N) is 1. The van der Waals surface area contributed by atoms with Crippen molar-refractivity contribution in [2.24, 2.45) is 0 Å². The summed E-state index contributed by atoms with van der Waals surface area (Å²) in [6.07, 6.45) is 0.821. The zero-order valence-corrected chi connectivity index (χ0v) is 8.34. The molecule has 1 rings (SSSR count). The molecule has 1 heterocycles. The average molecular weight is 203 g/mol. The summed E-state index contributed by atoms with van der Waals surface area (Å²) in [5.41, 5.74) is 0. The van der Waals surface area contributed by atoms with Crippen LogP contribution in [0, 0.1) is 11.3 Å². The van der Waals surface area contributed by atoms with Gasteiger partial charge in [0.2, 0.25) is 10.0 Å². The van der Waals surface area contributed by atoms with Gasteiger partial charge in [-0.2, -0.15) is 9.57 Å². The molecule has 0 aliphatic carbocycles. The highest BCUT2D eigenvalue weighted by atomic mass is 32.2. The Bertz CT molecular complexity index is 306. The molecule has 1 saturated heterocycles. The maximum Gasteiger partial charge on any atom is 0.227 e. The average Bonchev–Trinajstić information content (AvgIpc) is 2.52. The van der Waals surface area contributed by atoms with E-state index in [1.807, 2.05) is 7.05 Å². The Balaban J connectivity index is 2.61. The van der Waals surface area contributed by atoms with Crippen LogP contribution in [0.1, 0.15) is 6.42 Å². The van der Waals surface area contributed by atoms with E-state index in [0.717, 1.165) is 6.42 Å². The van der Waals surface area contributed by atoms with E-state index in [1.54, 1.807) is 6.07 Å². The van der Waals surface area contributed by atoms with Gasteiger partial charge in [0.05, 0.1) is 6.07 Å². The fourth-order valence-electron chi connectivity index (χ4n) is 1.39. The standard InChI is InChI=1S/C7H13N3O2S/c1-9-7-2-4-10(6-7)13(11,12)5-3-8/h7,9H,2,4-6H2,1H3. The summed E-state index contributed by atoms with van der Waals surface area (Å²) in [7, 11) is -1.51. The second kappa shape index (κ2) is 4.05. The van der Waals surface area contributed by atoms with Crippen molar-refractivity contribution in [3.63, 3.8) is 0 Å². The Morgan fingerprint density at radius 2 is 2.38 bits per heavy atom. The number of hydrogen-bond donors (Lipinski definition) is 1. The lowest BCUT2D eigenvalue weighted by Crippen LogP contribution is -2.34. The molecule has 1 aliphatic rings. The maximum absolute atomic E-state index is 11.4. The summed E-state index contributed by atoms with van der Waals surface area (Å²) >= 11 is 0. The first kappa shape index (κ1) is 10.4. The van der Waals surface area contributed by atoms with Gasteiger partial charge in [-0.05, 0) is 13.5 Å². The van der Waals surface area contributed by atoms with E-state index >= 15 is 0 Å². The third kappa shape index (κ3) is 2.40. The van der Waals surface area contributed by atoms with Crippen molar-refractivity contribution in [2.75, 3.05) is 25.9 Å². The maximum atomic E-state index is 11.4. The minimum absolute atomic E-state index is 0.230. The Labute approximate surface area is 78.4 Å². The lowest BCUT2D eigenvalue weighted by atomic mass is 10.3. The third-order valence-electron chi connectivity index (χ3n) is 2.20. The molecule has 0 saturated carbocycles. The molecule has 1 N–H and O–H groups in total. The fourth-order valence-corrected chi connectivity index (χ4v) is 2.53. The van der Waals surface area contributed by atoms with Crippen LogP contribution in [0.5, 0.6) is 0 Å². The van der Waals surface area contributed by atoms with Gasteiger partial charge in [-0.1, -0.05) is 0 Å². The highest BCUT2D eigenvalue weighted by molar-refractivity contribution is 7.89. The Morgan fingerprint density at radius 3 is 2.85 bits per heavy atom. The smallest absolute Gasteiger partial charge is 0.227 e. The van der Waals surface area contributed by atoms with Crippen LogP contribution in [0.2, 0.25) is 0 Å². The van der Waals surface area contributed by atoms with Gasteiger partial charge >= 0.3 is 0 Å². The predicted octanol–water partition coefficient (Wildman–Crippen LogP) is -0.867. The molecule has 0 aromatic carbocycles. The van der Waals surface area contributed by atoms with Crippen LogP contribution in [0.15, 0.2) is 0 Å². The molecule has 0 bridgehead atoms. The molecule has 0 spiro atoms. The van der Waals surface area contributed by atoms with Gasteiger partial charge in [0, 0.05) is 19.1 Å². The molecular weight excluding hydrogens is 190 g/mol. The molecule has 0 radical (unpaired) electrons. The topological polar surface area (TPSA) is 73.2 Å². The van der Waals surface area contributed by atoms with Gasteiger partial charge in [0.1, 0.15) is 0 Å². The van der Waals surface area contributed by atoms with E-state index in [0.29, 0.717) is 13.1 Å². The lowest BCUT2D eigenvalue weighted by molar-refractivity contribution is 0.467. The quantitative estimate of drug-likeness (QED) is 0.647. The Hall–Kier alpha value is -0.640. The van der Waals surface area contributed by atoms with Gasteiger partial charge in [-0.25, -0.2) is 8.42 Å². The summed E-state index contributed by atoms with van der Waals surface area (Å²) in [4.78, 5) is 0. The summed E-state index contributed by atoms with van der Waals surface area (Å²) in [5, 5.41) is 11.3. The number of sulfonamides is 1. The Morgan fingerprint density at radius 1 is 1.69 bits per heavy atom. The number of nitrogens with zero attached hydrogens (tertiary/aromatic N) is 2. The van der Waals surface area contributed by atoms with E-state index < -0.39 is 15.8 Å². The van der Waals surface area contributed by atoms with Crippen molar-refractivity contribution in [2.45, 2.75) is 12.5 Å². The molecule has 0 aromatic heterocycles. The molecule has 6 heteroatoms. The van der Waals surface area contributed by atoms with E-state index in [2.05, 4.69) is 5.32 Å². The van der Waals surface area contributed by atoms with Crippen molar-refractivity contribution in [1.82, 2.24) is 9.62 Å². The fraction of sp³-hybridized carbons (Fsp3) is 0.857. The molecule has 1 fully saturated rings. The van der Waals surface area contributed by atoms with Gasteiger partial charge < -0.3 is 5.32 Å². The third-order valence-corrected chi connectivity index (χ3v) is 3.81. The van der Waals surface area contributed by atoms with Crippen LogP contribution in [-0.2, 0) is 10.0 Å². The first-order valence-electron chi connectivity index (χ1n) is 4.12. The minimum Gasteiger partial charge on any atom is -0.316 e. The van der Waals surface area contributed by atoms with Crippen molar-refractivity contribution >= 4 is 10.0 Å². The molecule has 1 unspecified atom stereocenters. The van der Waals surface area contributed by atoms with E-state index in [1.165, 1.54) is 4.31 Å². The molecule has 74 valence electrons. The Kier molecular flexibility index (Phi) is 3.25. The van der Waals surface area contributed by atoms with E-state index in [4.69, 9.17) is 5.26 Å². The zero-order valence-electron chi connectivity index (χ0n) is 7.52. The molecule has 1 atom stereocenters. The minimum atomic E-state index is -3.32. The number of nitriles is 1. The van der Waals surface area contributed by atoms with Crippen LogP contribution < -0.4 is 5.32 Å². The zero-order chi connectivity index (χ0) is 9.90. The highest BCUT2D eigenvalue weighted by Crippen LogP contribution is 2.13. The largest absolute Gasteiger partial charge is 0.316 e. The lowest BCUT2D eigenvalue weighted by Gasteiger charge is -2.13. The molecular formula is C7H13N3O2S. The molecule has 5 nitrogen and oxygen atoms in total. The summed E-state index contributed by atoms with van der Waals surface area (Å²) < 4.78 is 24.1. The normalized spacial score (nSPS) is 24.5. The second-order valence-electron chi connectivity index (χ2n) is 3.05. The van der Waals surface area contributed by atoms with Gasteiger partial charge in [0.15, 0.2) is 5.75 Å².